The molecule has 1 aliphatic rings. The van der Waals surface area contributed by atoms with Crippen LogP contribution in [0.15, 0.2) is 23.3 Å². The second-order valence-electron chi connectivity index (χ2n) is 4.31. The van der Waals surface area contributed by atoms with E-state index in [4.69, 9.17) is 0 Å². The van der Waals surface area contributed by atoms with Crippen molar-refractivity contribution in [3.8, 4) is 0 Å². The maximum Gasteiger partial charge on any atom is 0.0692 e. The average Bonchev–Trinajstić information content (AvgIpc) is 2.01. The highest BCUT2D eigenvalue weighted by molar-refractivity contribution is 8.28. The number of allylic oxidation sites excluding steroid dienone is 2. The van der Waals surface area contributed by atoms with Crippen molar-refractivity contribution in [3.05, 3.63) is 23.3 Å². The summed E-state index contributed by atoms with van der Waals surface area (Å²) in [4.78, 5) is 0. The number of thioether (sulfide) groups is 1. The lowest BCUT2D eigenvalue weighted by molar-refractivity contribution is 0.672. The summed E-state index contributed by atoms with van der Waals surface area (Å²) in [6.45, 7) is 0.877. The molecule has 0 aromatic carbocycles. The van der Waals surface area contributed by atoms with Crippen LogP contribution in [0, 0.1) is 0 Å². The molecular weight excluding hydrogens is 202 g/mol. The SMILES string of the molecule is CS(C)(C)(=O)CSC1=CC=CCN1. The number of hydrogen-bond acceptors (Lipinski definition) is 3. The van der Waals surface area contributed by atoms with Crippen molar-refractivity contribution in [2.45, 2.75) is 0 Å². The molecular formula is C9H17NOS2. The van der Waals surface area contributed by atoms with E-state index in [0.717, 1.165) is 11.6 Å². The van der Waals surface area contributed by atoms with Crippen LogP contribution in [-0.2, 0) is 9.07 Å². The van der Waals surface area contributed by atoms with Gasteiger partial charge in [0.25, 0.3) is 0 Å². The van der Waals surface area contributed by atoms with Crippen LogP contribution in [0.1, 0.15) is 0 Å². The van der Waals surface area contributed by atoms with Gasteiger partial charge in [-0.2, -0.15) is 0 Å². The fourth-order valence-corrected chi connectivity index (χ4v) is 3.28. The van der Waals surface area contributed by atoms with Gasteiger partial charge in [0.2, 0.25) is 0 Å². The first-order valence-corrected chi connectivity index (χ1v) is 8.49. The van der Waals surface area contributed by atoms with Crippen LogP contribution in [-0.4, -0.2) is 34.6 Å². The van der Waals surface area contributed by atoms with Gasteiger partial charge in [-0.15, -0.1) is 0 Å². The molecule has 13 heavy (non-hydrogen) atoms. The van der Waals surface area contributed by atoms with E-state index in [9.17, 15) is 4.21 Å². The molecule has 0 fully saturated rings. The monoisotopic (exact) mass is 219 g/mol. The molecule has 0 unspecified atom stereocenters. The molecule has 76 valence electrons. The molecule has 0 amide bonds. The van der Waals surface area contributed by atoms with E-state index in [1.54, 1.807) is 11.8 Å². The third kappa shape index (κ3) is 5.16. The molecule has 2 nitrogen and oxygen atoms in total. The first-order valence-electron chi connectivity index (χ1n) is 4.14. The maximum absolute atomic E-state index is 11.9. The largest absolute Gasteiger partial charge is 0.376 e. The Hall–Kier alpha value is -0.220. The summed E-state index contributed by atoms with van der Waals surface area (Å²) in [5.41, 5.74) is 0. The minimum Gasteiger partial charge on any atom is -0.376 e. The topological polar surface area (TPSA) is 29.1 Å². The van der Waals surface area contributed by atoms with Crippen molar-refractivity contribution in [2.75, 3.05) is 30.4 Å². The van der Waals surface area contributed by atoms with Crippen molar-refractivity contribution in [3.63, 3.8) is 0 Å². The van der Waals surface area contributed by atoms with Crippen molar-refractivity contribution in [2.24, 2.45) is 0 Å². The summed E-state index contributed by atoms with van der Waals surface area (Å²) in [5.74, 6) is 0. The molecule has 0 aromatic rings. The highest BCUT2D eigenvalue weighted by Gasteiger charge is 2.18. The van der Waals surface area contributed by atoms with E-state index in [-0.39, 0.29) is 0 Å². The van der Waals surface area contributed by atoms with Crippen LogP contribution in [0.3, 0.4) is 0 Å². The third-order valence-corrected chi connectivity index (χ3v) is 5.67. The van der Waals surface area contributed by atoms with Crippen LogP contribution < -0.4 is 5.32 Å². The maximum atomic E-state index is 11.9. The average molecular weight is 219 g/mol. The Morgan fingerprint density at radius 1 is 1.54 bits per heavy atom. The lowest BCUT2D eigenvalue weighted by atomic mass is 10.4. The first-order chi connectivity index (χ1) is 5.83. The molecule has 0 aliphatic carbocycles. The lowest BCUT2D eigenvalue weighted by Gasteiger charge is -2.28. The molecule has 0 aromatic heterocycles. The summed E-state index contributed by atoms with van der Waals surface area (Å²) < 4.78 is 11.9. The molecule has 4 heteroatoms. The van der Waals surface area contributed by atoms with Gasteiger partial charge < -0.3 is 5.32 Å². The van der Waals surface area contributed by atoms with Crippen molar-refractivity contribution in [1.82, 2.24) is 5.32 Å². The Morgan fingerprint density at radius 2 is 2.23 bits per heavy atom. The van der Waals surface area contributed by atoms with Crippen molar-refractivity contribution in [1.29, 1.82) is 0 Å². The fourth-order valence-electron chi connectivity index (χ4n) is 0.805. The minimum absolute atomic E-state index is 0.684. The molecule has 0 saturated heterocycles. The van der Waals surface area contributed by atoms with E-state index >= 15 is 0 Å². The van der Waals surface area contributed by atoms with Crippen molar-refractivity contribution < 1.29 is 4.21 Å². The predicted molar refractivity (Wildman–Crippen MR) is 63.6 cm³/mol. The normalized spacial score (nSPS) is 19.9. The second-order valence-corrected chi connectivity index (χ2v) is 11.4. The van der Waals surface area contributed by atoms with Crippen LogP contribution in [0.2, 0.25) is 0 Å². The zero-order valence-electron chi connectivity index (χ0n) is 8.37. The van der Waals surface area contributed by atoms with Gasteiger partial charge in [-0.3, -0.25) is 4.21 Å². The zero-order valence-corrected chi connectivity index (χ0v) is 10.0. The Bertz CT molecular complexity index is 301. The van der Waals surface area contributed by atoms with E-state index in [2.05, 4.69) is 11.4 Å². The summed E-state index contributed by atoms with van der Waals surface area (Å²) >= 11 is 1.64. The number of rotatable bonds is 3. The molecule has 0 bridgehead atoms. The molecule has 0 saturated carbocycles. The lowest BCUT2D eigenvalue weighted by Crippen LogP contribution is -2.30. The van der Waals surface area contributed by atoms with Crippen molar-refractivity contribution >= 4 is 20.8 Å². The smallest absolute Gasteiger partial charge is 0.0692 e. The molecule has 1 aliphatic heterocycles. The van der Waals surface area contributed by atoms with Crippen LogP contribution >= 0.6 is 11.8 Å². The standard InChI is InChI=1S/C9H17NOS2/c1-13(2,3,11)8-12-9-6-4-5-7-10-9/h4-6,10H,7-8H2,1-3H3. The molecule has 0 atom stereocenters. The van der Waals surface area contributed by atoms with Gasteiger partial charge in [0.15, 0.2) is 0 Å². The van der Waals surface area contributed by atoms with Gasteiger partial charge in [0.05, 0.1) is 10.1 Å². The van der Waals surface area contributed by atoms with Gasteiger partial charge in [0.1, 0.15) is 0 Å². The number of nitrogens with one attached hydrogen (secondary N) is 1. The van der Waals surface area contributed by atoms with E-state index in [1.165, 1.54) is 0 Å². The van der Waals surface area contributed by atoms with E-state index in [0.29, 0.717) is 5.08 Å². The Balaban J connectivity index is 2.48. The number of dihydropyridines is 1. The summed E-state index contributed by atoms with van der Waals surface area (Å²) in [6.07, 6.45) is 11.6. The van der Waals surface area contributed by atoms with Crippen LogP contribution in [0.4, 0.5) is 0 Å². The van der Waals surface area contributed by atoms with Gasteiger partial charge >= 0.3 is 0 Å². The van der Waals surface area contributed by atoms with E-state index in [1.807, 2.05) is 30.9 Å². The Kier molecular flexibility index (Phi) is 2.92. The van der Waals surface area contributed by atoms with Gasteiger partial charge in [0, 0.05) is 6.54 Å². The highest BCUT2D eigenvalue weighted by Crippen LogP contribution is 2.24. The van der Waals surface area contributed by atoms with Crippen LogP contribution in [0.5, 0.6) is 0 Å². The van der Waals surface area contributed by atoms with Gasteiger partial charge in [-0.25, -0.2) is 0 Å². The van der Waals surface area contributed by atoms with Gasteiger partial charge in [-0.05, 0) is 24.8 Å². The van der Waals surface area contributed by atoms with Crippen LogP contribution in [0.25, 0.3) is 0 Å². The second kappa shape index (κ2) is 3.50. The highest BCUT2D eigenvalue weighted by atomic mass is 32.3. The third-order valence-electron chi connectivity index (χ3n) is 1.39. The molecule has 0 radical (unpaired) electrons. The summed E-state index contributed by atoms with van der Waals surface area (Å²) in [6, 6.07) is 0. The molecule has 0 spiro atoms. The summed E-state index contributed by atoms with van der Waals surface area (Å²) in [7, 11) is -2.36. The quantitative estimate of drug-likeness (QED) is 0.778. The minimum atomic E-state index is -2.36. The Morgan fingerprint density at radius 3 is 2.69 bits per heavy atom. The Labute approximate surface area is 84.3 Å². The number of hydrogen-bond donors (Lipinski definition) is 1. The molecule has 1 N–H and O–H groups in total. The van der Waals surface area contributed by atoms with Gasteiger partial charge in [-0.1, -0.05) is 33.0 Å². The molecule has 1 rings (SSSR count). The zero-order chi connectivity index (χ0) is 9.97. The fraction of sp³-hybridized carbons (Fsp3) is 0.556. The summed E-state index contributed by atoms with van der Waals surface area (Å²) in [5, 5.41) is 5.03. The molecule has 1 heterocycles. The first kappa shape index (κ1) is 10.9. The predicted octanol–water partition coefficient (Wildman–Crippen LogP) is 1.39. The van der Waals surface area contributed by atoms with E-state index < -0.39 is 9.07 Å².